The molecule has 24 heavy (non-hydrogen) atoms. The Kier molecular flexibility index (Phi) is 3.13. The topological polar surface area (TPSA) is 89.7 Å². The van der Waals surface area contributed by atoms with Crippen LogP contribution in [0.1, 0.15) is 31.8 Å². The summed E-state index contributed by atoms with van der Waals surface area (Å²) in [5.74, 6) is -0.131. The minimum Gasteiger partial charge on any atom is -0.410 e. The van der Waals surface area contributed by atoms with Crippen molar-refractivity contribution >= 4 is 17.9 Å². The van der Waals surface area contributed by atoms with Gasteiger partial charge in [0.05, 0.1) is 11.1 Å². The fourth-order valence-corrected chi connectivity index (χ4v) is 3.47. The van der Waals surface area contributed by atoms with Crippen molar-refractivity contribution in [3.63, 3.8) is 0 Å². The molecule has 0 saturated heterocycles. The second kappa shape index (κ2) is 5.19. The smallest absolute Gasteiger partial charge is 0.409 e. The lowest BCUT2D eigenvalue weighted by atomic mass is 10.1. The number of nitrogens with zero attached hydrogens (tertiary/aromatic N) is 1. The molecule has 2 aromatic rings. The maximum atomic E-state index is 12.6. The van der Waals surface area contributed by atoms with Crippen LogP contribution in [-0.4, -0.2) is 28.8 Å². The lowest BCUT2D eigenvalue weighted by Gasteiger charge is -2.21. The van der Waals surface area contributed by atoms with Crippen LogP contribution in [0.4, 0.5) is 4.79 Å². The van der Waals surface area contributed by atoms with E-state index in [1.54, 1.807) is 36.4 Å². The first-order valence-electron chi connectivity index (χ1n) is 7.60. The molecule has 1 aliphatic heterocycles. The number of amides is 3. The largest absolute Gasteiger partial charge is 0.410 e. The standard InChI is InChI=1S/C18H14N2O4/c19-18(23)24-13-6-5-10-7-12(8-11(10)9-13)20-16(21)14-3-1-2-4-15(14)17(20)22/h1-6,9,12H,7-8H2,(H2,19,23). The predicted molar refractivity (Wildman–Crippen MR) is 84.8 cm³/mol. The van der Waals surface area contributed by atoms with Gasteiger partial charge < -0.3 is 10.5 Å². The molecular formula is C18H14N2O4. The summed E-state index contributed by atoms with van der Waals surface area (Å²) in [4.78, 5) is 37.4. The number of primary amides is 1. The van der Waals surface area contributed by atoms with E-state index in [4.69, 9.17) is 10.5 Å². The van der Waals surface area contributed by atoms with Crippen LogP contribution in [0, 0.1) is 0 Å². The Morgan fingerprint density at radius 1 is 1.00 bits per heavy atom. The molecule has 1 unspecified atom stereocenters. The minimum absolute atomic E-state index is 0.226. The van der Waals surface area contributed by atoms with Gasteiger partial charge >= 0.3 is 6.09 Å². The van der Waals surface area contributed by atoms with E-state index in [2.05, 4.69) is 0 Å². The third-order valence-corrected chi connectivity index (χ3v) is 4.50. The number of fused-ring (bicyclic) bond motifs is 2. The Hall–Kier alpha value is -3.15. The van der Waals surface area contributed by atoms with Crippen molar-refractivity contribution in [1.82, 2.24) is 4.90 Å². The first-order chi connectivity index (χ1) is 11.5. The highest BCUT2D eigenvalue weighted by molar-refractivity contribution is 6.21. The number of hydrogen-bond donors (Lipinski definition) is 1. The van der Waals surface area contributed by atoms with Crippen LogP contribution in [0.2, 0.25) is 0 Å². The van der Waals surface area contributed by atoms with Crippen LogP contribution in [-0.2, 0) is 12.8 Å². The van der Waals surface area contributed by atoms with E-state index in [1.807, 2.05) is 6.07 Å². The van der Waals surface area contributed by atoms with Gasteiger partial charge in [-0.2, -0.15) is 0 Å². The maximum absolute atomic E-state index is 12.6. The summed E-state index contributed by atoms with van der Waals surface area (Å²) in [6.45, 7) is 0. The van der Waals surface area contributed by atoms with E-state index in [9.17, 15) is 14.4 Å². The second-order valence-corrected chi connectivity index (χ2v) is 5.94. The van der Waals surface area contributed by atoms with Gasteiger partial charge in [0.2, 0.25) is 0 Å². The molecule has 1 aliphatic carbocycles. The maximum Gasteiger partial charge on any atom is 0.409 e. The SMILES string of the molecule is NC(=O)Oc1ccc2c(c1)CC(N1C(=O)c3ccccc3C1=O)C2. The third kappa shape index (κ3) is 2.15. The molecule has 1 heterocycles. The van der Waals surface area contributed by atoms with E-state index in [1.165, 1.54) is 4.90 Å². The van der Waals surface area contributed by atoms with Gasteiger partial charge in [0.1, 0.15) is 5.75 Å². The zero-order valence-electron chi connectivity index (χ0n) is 12.7. The molecule has 0 radical (unpaired) electrons. The number of rotatable bonds is 2. The number of benzene rings is 2. The molecule has 6 heteroatoms. The summed E-state index contributed by atoms with van der Waals surface area (Å²) in [7, 11) is 0. The predicted octanol–water partition coefficient (Wildman–Crippen LogP) is 1.91. The van der Waals surface area contributed by atoms with Crippen molar-refractivity contribution in [1.29, 1.82) is 0 Å². The summed E-state index contributed by atoms with van der Waals surface area (Å²) >= 11 is 0. The summed E-state index contributed by atoms with van der Waals surface area (Å²) in [6.07, 6.45) is 0.263. The number of nitrogens with two attached hydrogens (primary N) is 1. The Morgan fingerprint density at radius 3 is 2.25 bits per heavy atom. The van der Waals surface area contributed by atoms with Gasteiger partial charge in [-0.25, -0.2) is 4.79 Å². The van der Waals surface area contributed by atoms with Crippen molar-refractivity contribution in [2.75, 3.05) is 0 Å². The second-order valence-electron chi connectivity index (χ2n) is 5.94. The van der Waals surface area contributed by atoms with Crippen LogP contribution in [0.15, 0.2) is 42.5 Å². The van der Waals surface area contributed by atoms with Crippen LogP contribution in [0.25, 0.3) is 0 Å². The molecule has 0 spiro atoms. The number of carbonyl (C=O) groups is 3. The van der Waals surface area contributed by atoms with Crippen molar-refractivity contribution in [2.24, 2.45) is 5.73 Å². The Labute approximate surface area is 137 Å². The van der Waals surface area contributed by atoms with E-state index in [0.29, 0.717) is 29.7 Å². The van der Waals surface area contributed by atoms with Crippen LogP contribution in [0.3, 0.4) is 0 Å². The van der Waals surface area contributed by atoms with Gasteiger partial charge in [-0.3, -0.25) is 14.5 Å². The molecular weight excluding hydrogens is 308 g/mol. The van der Waals surface area contributed by atoms with Gasteiger partial charge in [-0.05, 0) is 48.2 Å². The molecule has 0 aromatic heterocycles. The van der Waals surface area contributed by atoms with E-state index in [0.717, 1.165) is 11.1 Å². The number of carbonyl (C=O) groups excluding carboxylic acids is 3. The number of ether oxygens (including phenoxy) is 1. The average molecular weight is 322 g/mol. The van der Waals surface area contributed by atoms with E-state index >= 15 is 0 Å². The highest BCUT2D eigenvalue weighted by Crippen LogP contribution is 2.33. The van der Waals surface area contributed by atoms with E-state index < -0.39 is 6.09 Å². The van der Waals surface area contributed by atoms with Gasteiger partial charge in [0.15, 0.2) is 0 Å². The fourth-order valence-electron chi connectivity index (χ4n) is 3.47. The number of imide groups is 1. The molecule has 1 atom stereocenters. The van der Waals surface area contributed by atoms with Crippen molar-refractivity contribution in [3.8, 4) is 5.75 Å². The quantitative estimate of drug-likeness (QED) is 0.855. The van der Waals surface area contributed by atoms with E-state index in [-0.39, 0.29) is 17.9 Å². The molecule has 0 saturated carbocycles. The summed E-state index contributed by atoms with van der Waals surface area (Å²) in [6, 6.07) is 11.9. The molecule has 2 aromatic carbocycles. The van der Waals surface area contributed by atoms with Gasteiger partial charge in [0, 0.05) is 6.04 Å². The normalized spacial score (nSPS) is 18.5. The lowest BCUT2D eigenvalue weighted by molar-refractivity contribution is 0.0590. The van der Waals surface area contributed by atoms with Crippen molar-refractivity contribution < 1.29 is 19.1 Å². The average Bonchev–Trinajstić information content (AvgIpc) is 3.06. The van der Waals surface area contributed by atoms with Gasteiger partial charge in [-0.1, -0.05) is 18.2 Å². The van der Waals surface area contributed by atoms with Gasteiger partial charge in [-0.15, -0.1) is 0 Å². The minimum atomic E-state index is -0.871. The third-order valence-electron chi connectivity index (χ3n) is 4.50. The first-order valence-corrected chi connectivity index (χ1v) is 7.60. The highest BCUT2D eigenvalue weighted by atomic mass is 16.5. The molecule has 0 bridgehead atoms. The first kappa shape index (κ1) is 14.4. The Morgan fingerprint density at radius 2 is 1.62 bits per heavy atom. The molecule has 6 nitrogen and oxygen atoms in total. The summed E-state index contributed by atoms with van der Waals surface area (Å²) < 4.78 is 4.88. The molecule has 120 valence electrons. The molecule has 3 amide bonds. The van der Waals surface area contributed by atoms with Crippen molar-refractivity contribution in [2.45, 2.75) is 18.9 Å². The Bertz CT molecular complexity index is 855. The van der Waals surface area contributed by atoms with Crippen LogP contribution >= 0.6 is 0 Å². The van der Waals surface area contributed by atoms with Gasteiger partial charge in [0.25, 0.3) is 11.8 Å². The zero-order chi connectivity index (χ0) is 16.8. The lowest BCUT2D eigenvalue weighted by Crippen LogP contribution is -2.40. The monoisotopic (exact) mass is 322 g/mol. The summed E-state index contributed by atoms with van der Waals surface area (Å²) in [5.41, 5.74) is 7.92. The number of hydrogen-bond acceptors (Lipinski definition) is 4. The molecule has 2 aliphatic rings. The van der Waals surface area contributed by atoms with Crippen LogP contribution < -0.4 is 10.5 Å². The molecule has 2 N–H and O–H groups in total. The molecule has 0 fully saturated rings. The zero-order valence-corrected chi connectivity index (χ0v) is 12.7. The molecule has 4 rings (SSSR count). The van der Waals surface area contributed by atoms with Crippen LogP contribution in [0.5, 0.6) is 5.75 Å². The fraction of sp³-hybridized carbons (Fsp3) is 0.167. The summed E-state index contributed by atoms with van der Waals surface area (Å²) in [5, 5.41) is 0. The van der Waals surface area contributed by atoms with Crippen molar-refractivity contribution in [3.05, 3.63) is 64.7 Å². The Balaban J connectivity index is 1.61. The highest BCUT2D eigenvalue weighted by Gasteiger charge is 2.41.